The summed E-state index contributed by atoms with van der Waals surface area (Å²) in [4.78, 5) is 12.3. The molecule has 0 N–H and O–H groups in total. The van der Waals surface area contributed by atoms with E-state index >= 15 is 0 Å². The Morgan fingerprint density at radius 1 is 1.32 bits per heavy atom. The van der Waals surface area contributed by atoms with Gasteiger partial charge in [0.25, 0.3) is 0 Å². The molecule has 2 rings (SSSR count). The number of ketones is 1. The summed E-state index contributed by atoms with van der Waals surface area (Å²) in [6.07, 6.45) is 8.31. The van der Waals surface area contributed by atoms with Gasteiger partial charge in [0, 0.05) is 16.5 Å². The Labute approximate surface area is 123 Å². The lowest BCUT2D eigenvalue weighted by Gasteiger charge is -2.21. The molecule has 1 saturated carbocycles. The summed E-state index contributed by atoms with van der Waals surface area (Å²) >= 11 is 3.45. The van der Waals surface area contributed by atoms with Crippen molar-refractivity contribution in [1.82, 2.24) is 0 Å². The van der Waals surface area contributed by atoms with Crippen LogP contribution in [-0.2, 0) is 0 Å². The molecular formula is C16H21BrO2. The van der Waals surface area contributed by atoms with Crippen molar-refractivity contribution in [2.75, 3.05) is 7.11 Å². The van der Waals surface area contributed by atoms with Crippen molar-refractivity contribution in [3.05, 3.63) is 28.2 Å². The van der Waals surface area contributed by atoms with Crippen molar-refractivity contribution >= 4 is 21.7 Å². The Morgan fingerprint density at radius 2 is 2.05 bits per heavy atom. The number of hydrogen-bond donors (Lipinski definition) is 0. The van der Waals surface area contributed by atoms with Gasteiger partial charge in [0.15, 0.2) is 5.78 Å². The SMILES string of the molecule is COc1ccc(Br)c(C(=O)CCC2CCCCC2)c1. The molecule has 0 atom stereocenters. The quantitative estimate of drug-likeness (QED) is 0.712. The van der Waals surface area contributed by atoms with Crippen molar-refractivity contribution in [3.63, 3.8) is 0 Å². The van der Waals surface area contributed by atoms with Crippen molar-refractivity contribution in [3.8, 4) is 5.75 Å². The summed E-state index contributed by atoms with van der Waals surface area (Å²) in [5.41, 5.74) is 0.746. The van der Waals surface area contributed by atoms with Crippen LogP contribution in [-0.4, -0.2) is 12.9 Å². The normalized spacial score (nSPS) is 16.3. The third kappa shape index (κ3) is 4.07. The minimum absolute atomic E-state index is 0.219. The van der Waals surface area contributed by atoms with Crippen LogP contribution in [0.2, 0.25) is 0 Å². The highest BCUT2D eigenvalue weighted by Gasteiger charge is 2.17. The fraction of sp³-hybridized carbons (Fsp3) is 0.562. The van der Waals surface area contributed by atoms with E-state index in [1.165, 1.54) is 32.1 Å². The third-order valence-corrected chi connectivity index (χ3v) is 4.67. The molecule has 0 radical (unpaired) electrons. The average Bonchev–Trinajstić information content (AvgIpc) is 2.46. The molecule has 0 heterocycles. The van der Waals surface area contributed by atoms with Crippen LogP contribution in [0.5, 0.6) is 5.75 Å². The Hall–Kier alpha value is -0.830. The number of Topliss-reactive ketones (excluding diaryl/α,β-unsaturated/α-hetero) is 1. The van der Waals surface area contributed by atoms with Crippen LogP contribution in [0.3, 0.4) is 0 Å². The van der Waals surface area contributed by atoms with Gasteiger partial charge >= 0.3 is 0 Å². The molecular weight excluding hydrogens is 304 g/mol. The molecule has 3 heteroatoms. The van der Waals surface area contributed by atoms with Crippen LogP contribution < -0.4 is 4.74 Å². The third-order valence-electron chi connectivity index (χ3n) is 3.98. The maximum atomic E-state index is 12.3. The van der Waals surface area contributed by atoms with E-state index in [0.717, 1.165) is 28.1 Å². The molecule has 0 amide bonds. The van der Waals surface area contributed by atoms with Crippen LogP contribution in [0.15, 0.2) is 22.7 Å². The largest absolute Gasteiger partial charge is 0.497 e. The van der Waals surface area contributed by atoms with Gasteiger partial charge in [-0.25, -0.2) is 0 Å². The number of carbonyl (C=O) groups excluding carboxylic acids is 1. The summed E-state index contributed by atoms with van der Waals surface area (Å²) in [5.74, 6) is 1.71. The lowest BCUT2D eigenvalue weighted by atomic mass is 9.85. The first kappa shape index (κ1) is 14.6. The van der Waals surface area contributed by atoms with Crippen LogP contribution in [0.1, 0.15) is 55.3 Å². The van der Waals surface area contributed by atoms with Crippen molar-refractivity contribution < 1.29 is 9.53 Å². The second-order valence-corrected chi connectivity index (χ2v) is 6.17. The number of rotatable bonds is 5. The van der Waals surface area contributed by atoms with Crippen LogP contribution in [0.4, 0.5) is 0 Å². The summed E-state index contributed by atoms with van der Waals surface area (Å²) in [6, 6.07) is 5.57. The molecule has 19 heavy (non-hydrogen) atoms. The van der Waals surface area contributed by atoms with Gasteiger partial charge in [0.2, 0.25) is 0 Å². The summed E-state index contributed by atoms with van der Waals surface area (Å²) in [5, 5.41) is 0. The lowest BCUT2D eigenvalue weighted by Crippen LogP contribution is -2.09. The molecule has 104 valence electrons. The van der Waals surface area contributed by atoms with Gasteiger partial charge in [-0.2, -0.15) is 0 Å². The van der Waals surface area contributed by atoms with Crippen molar-refractivity contribution in [2.24, 2.45) is 5.92 Å². The average molecular weight is 325 g/mol. The minimum atomic E-state index is 0.219. The first-order chi connectivity index (χ1) is 9.20. The zero-order valence-electron chi connectivity index (χ0n) is 11.5. The summed E-state index contributed by atoms with van der Waals surface area (Å²) in [7, 11) is 1.62. The van der Waals surface area contributed by atoms with Gasteiger partial charge in [-0.1, -0.05) is 48.0 Å². The van der Waals surface area contributed by atoms with Crippen molar-refractivity contribution in [1.29, 1.82) is 0 Å². The summed E-state index contributed by atoms with van der Waals surface area (Å²) in [6.45, 7) is 0. The van der Waals surface area contributed by atoms with E-state index in [9.17, 15) is 4.79 Å². The van der Waals surface area contributed by atoms with Gasteiger partial charge in [-0.3, -0.25) is 4.79 Å². The lowest BCUT2D eigenvalue weighted by molar-refractivity contribution is 0.0969. The van der Waals surface area contributed by atoms with E-state index in [4.69, 9.17) is 4.74 Å². The topological polar surface area (TPSA) is 26.3 Å². The van der Waals surface area contributed by atoms with Crippen LogP contribution in [0, 0.1) is 5.92 Å². The molecule has 0 aliphatic heterocycles. The fourth-order valence-electron chi connectivity index (χ4n) is 2.79. The van der Waals surface area contributed by atoms with Gasteiger partial charge in [0.05, 0.1) is 7.11 Å². The molecule has 1 aliphatic carbocycles. The second kappa shape index (κ2) is 7.09. The Bertz CT molecular complexity index is 436. The van der Waals surface area contributed by atoms with Gasteiger partial charge in [-0.05, 0) is 30.5 Å². The van der Waals surface area contributed by atoms with Crippen LogP contribution in [0.25, 0.3) is 0 Å². The summed E-state index contributed by atoms with van der Waals surface area (Å²) < 4.78 is 6.04. The standard InChI is InChI=1S/C16H21BrO2/c1-19-13-8-9-15(17)14(11-13)16(18)10-7-12-5-3-2-4-6-12/h8-9,11-12H,2-7,10H2,1H3. The Kier molecular flexibility index (Phi) is 5.44. The Morgan fingerprint density at radius 3 is 2.74 bits per heavy atom. The maximum absolute atomic E-state index is 12.3. The predicted octanol–water partition coefficient (Wildman–Crippen LogP) is 5.00. The maximum Gasteiger partial charge on any atom is 0.164 e. The molecule has 2 nitrogen and oxygen atoms in total. The molecule has 0 aromatic heterocycles. The number of benzene rings is 1. The smallest absolute Gasteiger partial charge is 0.164 e. The fourth-order valence-corrected chi connectivity index (χ4v) is 3.26. The first-order valence-electron chi connectivity index (χ1n) is 7.07. The molecule has 1 aromatic carbocycles. The van der Waals surface area contributed by atoms with Gasteiger partial charge in [0.1, 0.15) is 5.75 Å². The van der Waals surface area contributed by atoms with E-state index in [1.807, 2.05) is 18.2 Å². The first-order valence-corrected chi connectivity index (χ1v) is 7.86. The minimum Gasteiger partial charge on any atom is -0.497 e. The molecule has 0 bridgehead atoms. The molecule has 0 saturated heterocycles. The molecule has 0 unspecified atom stereocenters. The molecule has 1 fully saturated rings. The van der Waals surface area contributed by atoms with E-state index in [0.29, 0.717) is 6.42 Å². The number of carbonyl (C=O) groups is 1. The van der Waals surface area contributed by atoms with E-state index in [-0.39, 0.29) is 5.78 Å². The number of ether oxygens (including phenoxy) is 1. The molecule has 1 aliphatic rings. The predicted molar refractivity (Wildman–Crippen MR) is 80.8 cm³/mol. The highest BCUT2D eigenvalue weighted by Crippen LogP contribution is 2.29. The molecule has 0 spiro atoms. The number of hydrogen-bond acceptors (Lipinski definition) is 2. The number of methoxy groups -OCH3 is 1. The van der Waals surface area contributed by atoms with E-state index in [1.54, 1.807) is 7.11 Å². The monoisotopic (exact) mass is 324 g/mol. The van der Waals surface area contributed by atoms with E-state index in [2.05, 4.69) is 15.9 Å². The number of halogens is 1. The van der Waals surface area contributed by atoms with Crippen molar-refractivity contribution in [2.45, 2.75) is 44.9 Å². The zero-order chi connectivity index (χ0) is 13.7. The van der Waals surface area contributed by atoms with Gasteiger partial charge in [-0.15, -0.1) is 0 Å². The van der Waals surface area contributed by atoms with E-state index < -0.39 is 0 Å². The highest BCUT2D eigenvalue weighted by atomic mass is 79.9. The zero-order valence-corrected chi connectivity index (χ0v) is 13.0. The molecule has 1 aromatic rings. The van der Waals surface area contributed by atoms with Gasteiger partial charge < -0.3 is 4.74 Å². The highest BCUT2D eigenvalue weighted by molar-refractivity contribution is 9.10. The Balaban J connectivity index is 1.95. The second-order valence-electron chi connectivity index (χ2n) is 5.31. The van der Waals surface area contributed by atoms with Crippen LogP contribution >= 0.6 is 15.9 Å².